The molecule has 2 heterocycles. The molecule has 2 aromatic carbocycles. The lowest BCUT2D eigenvalue weighted by Gasteiger charge is -2.32. The number of nitrogens with one attached hydrogen (secondary N) is 2. The van der Waals surface area contributed by atoms with Gasteiger partial charge >= 0.3 is 5.97 Å². The Morgan fingerprint density at radius 2 is 2.00 bits per heavy atom. The summed E-state index contributed by atoms with van der Waals surface area (Å²) in [4.78, 5) is 16.0. The molecule has 5 heteroatoms. The number of aromatic nitrogens is 1. The maximum atomic E-state index is 12.4. The van der Waals surface area contributed by atoms with Gasteiger partial charge in [0.1, 0.15) is 11.8 Å². The lowest BCUT2D eigenvalue weighted by Crippen LogP contribution is -2.45. The predicted molar refractivity (Wildman–Crippen MR) is 110 cm³/mol. The van der Waals surface area contributed by atoms with Gasteiger partial charge in [-0.15, -0.1) is 0 Å². The lowest BCUT2D eigenvalue weighted by molar-refractivity contribution is -0.143. The van der Waals surface area contributed by atoms with Crippen molar-refractivity contribution >= 4 is 16.9 Å². The number of rotatable bonds is 4. The highest BCUT2D eigenvalue weighted by atomic mass is 16.5. The van der Waals surface area contributed by atoms with Crippen LogP contribution in [0.25, 0.3) is 10.9 Å². The number of hydrogen-bond acceptors (Lipinski definition) is 4. The summed E-state index contributed by atoms with van der Waals surface area (Å²) in [6.07, 6.45) is 0.595. The molecular weight excluding hydrogens is 352 g/mol. The molecule has 2 unspecified atom stereocenters. The molecule has 0 bridgehead atoms. The number of fused-ring (bicyclic) bond motifs is 3. The van der Waals surface area contributed by atoms with Crippen LogP contribution in [0.4, 0.5) is 0 Å². The molecule has 0 amide bonds. The zero-order chi connectivity index (χ0) is 19.8. The van der Waals surface area contributed by atoms with E-state index in [0.717, 1.165) is 44.6 Å². The SMILES string of the molecule is CCOc1cc(C)cc(C)c1C1NC(C(=O)OC)Cc2c1[nH]c1ccccc21. The third kappa shape index (κ3) is 3.06. The number of aromatic amines is 1. The number of hydrogen-bond donors (Lipinski definition) is 2. The van der Waals surface area contributed by atoms with Gasteiger partial charge in [-0.2, -0.15) is 0 Å². The first kappa shape index (κ1) is 18.6. The predicted octanol–water partition coefficient (Wildman–Crippen LogP) is 3.96. The maximum absolute atomic E-state index is 12.4. The van der Waals surface area contributed by atoms with Crippen LogP contribution >= 0.6 is 0 Å². The first-order chi connectivity index (χ1) is 13.5. The number of H-pyrrole nitrogens is 1. The van der Waals surface area contributed by atoms with Crippen LogP contribution in [-0.2, 0) is 16.0 Å². The van der Waals surface area contributed by atoms with E-state index >= 15 is 0 Å². The van der Waals surface area contributed by atoms with Crippen LogP contribution in [0.1, 0.15) is 40.9 Å². The molecule has 1 aromatic heterocycles. The zero-order valence-electron chi connectivity index (χ0n) is 16.8. The fourth-order valence-corrected chi connectivity index (χ4v) is 4.34. The van der Waals surface area contributed by atoms with E-state index in [2.05, 4.69) is 48.4 Å². The average molecular weight is 378 g/mol. The van der Waals surface area contributed by atoms with E-state index in [1.165, 1.54) is 7.11 Å². The first-order valence-corrected chi connectivity index (χ1v) is 9.70. The second kappa shape index (κ2) is 7.32. The smallest absolute Gasteiger partial charge is 0.323 e. The van der Waals surface area contributed by atoms with Crippen molar-refractivity contribution in [3.05, 3.63) is 64.3 Å². The first-order valence-electron chi connectivity index (χ1n) is 9.70. The summed E-state index contributed by atoms with van der Waals surface area (Å²) in [5, 5.41) is 4.66. The molecule has 4 rings (SSSR count). The van der Waals surface area contributed by atoms with Gasteiger partial charge in [0.05, 0.1) is 19.8 Å². The summed E-state index contributed by atoms with van der Waals surface area (Å²) in [5.41, 5.74) is 6.69. The number of benzene rings is 2. The largest absolute Gasteiger partial charge is 0.494 e. The van der Waals surface area contributed by atoms with Gasteiger partial charge in [-0.3, -0.25) is 10.1 Å². The standard InChI is InChI=1S/C23H26N2O3/c1-5-28-19-11-13(2)10-14(3)20(19)22-21-16(12-18(25-22)23(26)27-4)15-8-6-7-9-17(15)24-21/h6-11,18,22,24-25H,5,12H2,1-4H3. The molecule has 2 N–H and O–H groups in total. The molecule has 0 aliphatic carbocycles. The third-order valence-corrected chi connectivity index (χ3v) is 5.48. The van der Waals surface area contributed by atoms with Crippen LogP contribution < -0.4 is 10.1 Å². The van der Waals surface area contributed by atoms with Crippen molar-refractivity contribution in [3.8, 4) is 5.75 Å². The van der Waals surface area contributed by atoms with Crippen LogP contribution in [-0.4, -0.2) is 30.7 Å². The van der Waals surface area contributed by atoms with Crippen LogP contribution in [0, 0.1) is 13.8 Å². The minimum absolute atomic E-state index is 0.178. The molecule has 0 fully saturated rings. The molecule has 5 nitrogen and oxygen atoms in total. The summed E-state index contributed by atoms with van der Waals surface area (Å²) >= 11 is 0. The van der Waals surface area contributed by atoms with E-state index in [1.54, 1.807) is 0 Å². The van der Waals surface area contributed by atoms with Crippen molar-refractivity contribution < 1.29 is 14.3 Å². The second-order valence-electron chi connectivity index (χ2n) is 7.37. The van der Waals surface area contributed by atoms with E-state index in [4.69, 9.17) is 9.47 Å². The number of aryl methyl sites for hydroxylation is 2. The van der Waals surface area contributed by atoms with Crippen molar-refractivity contribution in [2.75, 3.05) is 13.7 Å². The van der Waals surface area contributed by atoms with Gasteiger partial charge < -0.3 is 14.5 Å². The molecule has 146 valence electrons. The van der Waals surface area contributed by atoms with E-state index < -0.39 is 6.04 Å². The van der Waals surface area contributed by atoms with E-state index in [0.29, 0.717) is 13.0 Å². The molecule has 28 heavy (non-hydrogen) atoms. The number of ether oxygens (including phenoxy) is 2. The Balaban J connectivity index is 1.93. The number of methoxy groups -OCH3 is 1. The van der Waals surface area contributed by atoms with Gasteiger partial charge in [0.15, 0.2) is 0 Å². The Kier molecular flexibility index (Phi) is 4.85. The Labute approximate surface area is 165 Å². The number of carbonyl (C=O) groups is 1. The topological polar surface area (TPSA) is 63.4 Å². The van der Waals surface area contributed by atoms with Gasteiger partial charge in [-0.25, -0.2) is 0 Å². The van der Waals surface area contributed by atoms with Crippen molar-refractivity contribution in [2.45, 2.75) is 39.3 Å². The Morgan fingerprint density at radius 3 is 2.75 bits per heavy atom. The molecular formula is C23H26N2O3. The summed E-state index contributed by atoms with van der Waals surface area (Å²) in [7, 11) is 1.44. The van der Waals surface area contributed by atoms with Gasteiger partial charge in [0, 0.05) is 28.6 Å². The quantitative estimate of drug-likeness (QED) is 0.675. The van der Waals surface area contributed by atoms with Crippen LogP contribution in [0.2, 0.25) is 0 Å². The van der Waals surface area contributed by atoms with Crippen molar-refractivity contribution in [2.24, 2.45) is 0 Å². The highest BCUT2D eigenvalue weighted by molar-refractivity contribution is 5.87. The molecule has 2 atom stereocenters. The molecule has 0 saturated carbocycles. The van der Waals surface area contributed by atoms with Crippen molar-refractivity contribution in [1.29, 1.82) is 0 Å². The van der Waals surface area contributed by atoms with Gasteiger partial charge in [0.2, 0.25) is 0 Å². The van der Waals surface area contributed by atoms with Crippen LogP contribution in [0.15, 0.2) is 36.4 Å². The number of esters is 1. The fraction of sp³-hybridized carbons (Fsp3) is 0.348. The van der Waals surface area contributed by atoms with E-state index in [1.807, 2.05) is 19.1 Å². The zero-order valence-corrected chi connectivity index (χ0v) is 16.8. The summed E-state index contributed by atoms with van der Waals surface area (Å²) in [6, 6.07) is 11.9. The monoisotopic (exact) mass is 378 g/mol. The Hall–Kier alpha value is -2.79. The molecule has 1 aliphatic heterocycles. The minimum atomic E-state index is -0.406. The normalized spacial score (nSPS) is 18.7. The molecule has 0 spiro atoms. The maximum Gasteiger partial charge on any atom is 0.323 e. The summed E-state index contributed by atoms with van der Waals surface area (Å²) < 4.78 is 11.1. The van der Waals surface area contributed by atoms with Crippen LogP contribution in [0.3, 0.4) is 0 Å². The van der Waals surface area contributed by atoms with Crippen molar-refractivity contribution in [1.82, 2.24) is 10.3 Å². The molecule has 0 saturated heterocycles. The fourth-order valence-electron chi connectivity index (χ4n) is 4.34. The highest BCUT2D eigenvalue weighted by Gasteiger charge is 2.36. The molecule has 1 aliphatic rings. The van der Waals surface area contributed by atoms with Crippen molar-refractivity contribution in [3.63, 3.8) is 0 Å². The van der Waals surface area contributed by atoms with Gasteiger partial charge in [-0.1, -0.05) is 24.3 Å². The van der Waals surface area contributed by atoms with Gasteiger partial charge in [-0.05, 0) is 49.6 Å². The average Bonchev–Trinajstić information content (AvgIpc) is 3.06. The minimum Gasteiger partial charge on any atom is -0.494 e. The van der Waals surface area contributed by atoms with Crippen LogP contribution in [0.5, 0.6) is 5.75 Å². The van der Waals surface area contributed by atoms with Gasteiger partial charge in [0.25, 0.3) is 0 Å². The lowest BCUT2D eigenvalue weighted by atomic mass is 9.87. The molecule has 0 radical (unpaired) electrons. The molecule has 3 aromatic rings. The summed E-state index contributed by atoms with van der Waals surface area (Å²) in [6.45, 7) is 6.74. The second-order valence-corrected chi connectivity index (χ2v) is 7.37. The van der Waals surface area contributed by atoms with E-state index in [9.17, 15) is 4.79 Å². The summed E-state index contributed by atoms with van der Waals surface area (Å²) in [5.74, 6) is 0.608. The highest BCUT2D eigenvalue weighted by Crippen LogP contribution is 2.40. The number of carbonyl (C=O) groups excluding carboxylic acids is 1. The van der Waals surface area contributed by atoms with E-state index in [-0.39, 0.29) is 12.0 Å². The Morgan fingerprint density at radius 1 is 1.21 bits per heavy atom. The third-order valence-electron chi connectivity index (χ3n) is 5.48. The Bertz CT molecular complexity index is 1040. The number of para-hydroxylation sites is 1.